The molecule has 0 saturated carbocycles. The highest BCUT2D eigenvalue weighted by Gasteiger charge is 1.89. The van der Waals surface area contributed by atoms with E-state index in [2.05, 4.69) is 9.73 Å². The maximum absolute atomic E-state index is 11.9. The maximum atomic E-state index is 11.9. The fourth-order valence-corrected chi connectivity index (χ4v) is 0.321. The number of hydrogen-bond donors (Lipinski definition) is 0. The van der Waals surface area contributed by atoms with Crippen molar-refractivity contribution in [2.24, 2.45) is 4.99 Å². The van der Waals surface area contributed by atoms with Crippen LogP contribution < -0.4 is 0 Å². The van der Waals surface area contributed by atoms with Gasteiger partial charge in [-0.05, 0) is 6.08 Å². The molecule has 0 unspecified atom stereocenters. The number of aliphatic imine (C=N–C) groups is 1. The van der Waals surface area contributed by atoms with Crippen molar-refractivity contribution in [1.29, 1.82) is 0 Å². The average molecular weight is 113 g/mol. The Morgan fingerprint density at radius 1 is 1.62 bits per heavy atom. The normalized spacial score (nSPS) is 16.9. The molecular weight excluding hydrogens is 109 g/mol. The van der Waals surface area contributed by atoms with Crippen molar-refractivity contribution in [3.63, 3.8) is 0 Å². The van der Waals surface area contributed by atoms with Crippen molar-refractivity contribution in [3.05, 3.63) is 24.6 Å². The van der Waals surface area contributed by atoms with Gasteiger partial charge < -0.3 is 4.74 Å². The van der Waals surface area contributed by atoms with Crippen molar-refractivity contribution < 1.29 is 9.13 Å². The van der Waals surface area contributed by atoms with Gasteiger partial charge in [-0.1, -0.05) is 0 Å². The summed E-state index contributed by atoms with van der Waals surface area (Å²) in [5, 5.41) is 0. The molecule has 0 aliphatic carbocycles. The molecule has 0 atom stereocenters. The molecule has 0 bridgehead atoms. The lowest BCUT2D eigenvalue weighted by molar-refractivity contribution is 0.246. The lowest BCUT2D eigenvalue weighted by Gasteiger charge is -1.86. The van der Waals surface area contributed by atoms with E-state index in [1.807, 2.05) is 0 Å². The summed E-state index contributed by atoms with van der Waals surface area (Å²) in [6.07, 6.45) is 5.16. The summed E-state index contributed by atoms with van der Waals surface area (Å²) >= 11 is 0. The number of hydrogen-bond acceptors (Lipinski definition) is 2. The van der Waals surface area contributed by atoms with Gasteiger partial charge in [0.1, 0.15) is 0 Å². The van der Waals surface area contributed by atoms with Crippen LogP contribution in [0.15, 0.2) is 29.5 Å². The average Bonchev–Trinajstić information content (AvgIpc) is 1.94. The molecule has 0 aromatic rings. The van der Waals surface area contributed by atoms with E-state index in [0.29, 0.717) is 0 Å². The Kier molecular flexibility index (Phi) is 1.42. The van der Waals surface area contributed by atoms with Gasteiger partial charge in [-0.25, -0.2) is 0 Å². The second-order valence-corrected chi connectivity index (χ2v) is 1.18. The molecule has 0 radical (unpaired) electrons. The minimum atomic E-state index is -0.685. The van der Waals surface area contributed by atoms with Crippen LogP contribution in [-0.2, 0) is 4.74 Å². The Morgan fingerprint density at radius 3 is 3.38 bits per heavy atom. The Bertz CT molecular complexity index is 160. The highest BCUT2D eigenvalue weighted by molar-refractivity contribution is 5.71. The lowest BCUT2D eigenvalue weighted by atomic mass is 10.7. The number of allylic oxidation sites excluding steroid dienone is 1. The molecule has 0 spiro atoms. The molecule has 1 aliphatic rings. The Hall–Kier alpha value is -1.12. The monoisotopic (exact) mass is 113 g/mol. The van der Waals surface area contributed by atoms with Crippen LogP contribution in [0.25, 0.3) is 0 Å². The molecule has 42 valence electrons. The molecule has 0 amide bonds. The summed E-state index contributed by atoms with van der Waals surface area (Å²) in [6.45, 7) is 0. The van der Waals surface area contributed by atoms with Crippen molar-refractivity contribution >= 4 is 6.21 Å². The van der Waals surface area contributed by atoms with Crippen LogP contribution in [0.1, 0.15) is 0 Å². The smallest absolute Gasteiger partial charge is 0.296 e. The van der Waals surface area contributed by atoms with Crippen molar-refractivity contribution in [2.45, 2.75) is 0 Å². The third kappa shape index (κ3) is 1.18. The van der Waals surface area contributed by atoms with Gasteiger partial charge in [-0.3, -0.25) is 4.99 Å². The van der Waals surface area contributed by atoms with Crippen molar-refractivity contribution in [1.82, 2.24) is 0 Å². The molecule has 0 aromatic heterocycles. The molecule has 1 aliphatic heterocycles. The van der Waals surface area contributed by atoms with Crippen LogP contribution in [-0.4, -0.2) is 6.21 Å². The molecule has 1 rings (SSSR count). The first kappa shape index (κ1) is 5.03. The van der Waals surface area contributed by atoms with Crippen LogP contribution in [0.3, 0.4) is 0 Å². The zero-order valence-corrected chi connectivity index (χ0v) is 4.04. The third-order valence-corrected chi connectivity index (χ3v) is 0.607. The van der Waals surface area contributed by atoms with E-state index in [1.54, 1.807) is 0 Å². The first-order valence-corrected chi connectivity index (χ1v) is 2.10. The highest BCUT2D eigenvalue weighted by Crippen LogP contribution is 2.00. The standard InChI is InChI=1S/C5H4FNO/c6-5-4-7-2-1-3-8-5/h1-4H. The molecule has 0 N–H and O–H groups in total. The number of halogens is 1. The Morgan fingerprint density at radius 2 is 2.50 bits per heavy atom. The molecule has 1 heterocycles. The quantitative estimate of drug-likeness (QED) is 0.465. The fraction of sp³-hybridized carbons (Fsp3) is 0. The van der Waals surface area contributed by atoms with Gasteiger partial charge in [0.2, 0.25) is 0 Å². The van der Waals surface area contributed by atoms with Gasteiger partial charge in [0.25, 0.3) is 6.01 Å². The number of ether oxygens (including phenoxy) is 1. The molecule has 0 aromatic carbocycles. The van der Waals surface area contributed by atoms with Gasteiger partial charge in [0.05, 0.1) is 12.5 Å². The molecule has 0 saturated heterocycles. The third-order valence-electron chi connectivity index (χ3n) is 0.607. The van der Waals surface area contributed by atoms with Crippen LogP contribution >= 0.6 is 0 Å². The van der Waals surface area contributed by atoms with Crippen LogP contribution in [0.5, 0.6) is 0 Å². The first-order chi connectivity index (χ1) is 3.89. The van der Waals surface area contributed by atoms with Gasteiger partial charge in [-0.15, -0.1) is 0 Å². The summed E-state index contributed by atoms with van der Waals surface area (Å²) in [4.78, 5) is 3.48. The SMILES string of the molecule is FC1=CN=CC=CO1. The second kappa shape index (κ2) is 2.26. The minimum Gasteiger partial charge on any atom is -0.438 e. The zero-order chi connectivity index (χ0) is 5.82. The summed E-state index contributed by atoms with van der Waals surface area (Å²) in [5.74, 6) is 0. The molecule has 0 fully saturated rings. The summed E-state index contributed by atoms with van der Waals surface area (Å²) in [5.41, 5.74) is 0. The van der Waals surface area contributed by atoms with Gasteiger partial charge in [-0.2, -0.15) is 4.39 Å². The van der Waals surface area contributed by atoms with E-state index in [4.69, 9.17) is 0 Å². The Labute approximate surface area is 46.0 Å². The predicted octanol–water partition coefficient (Wildman–Crippen LogP) is 1.37. The summed E-state index contributed by atoms with van der Waals surface area (Å²) in [6, 6.07) is -0.685. The zero-order valence-electron chi connectivity index (χ0n) is 4.04. The van der Waals surface area contributed by atoms with Gasteiger partial charge >= 0.3 is 0 Å². The van der Waals surface area contributed by atoms with Crippen molar-refractivity contribution in [3.8, 4) is 0 Å². The molecule has 8 heavy (non-hydrogen) atoms. The summed E-state index contributed by atoms with van der Waals surface area (Å²) < 4.78 is 16.2. The van der Waals surface area contributed by atoms with Crippen LogP contribution in [0.4, 0.5) is 4.39 Å². The number of rotatable bonds is 0. The molecular formula is C5H4FNO. The van der Waals surface area contributed by atoms with E-state index in [0.717, 1.165) is 6.20 Å². The Balaban J connectivity index is 2.69. The van der Waals surface area contributed by atoms with E-state index in [9.17, 15) is 4.39 Å². The topological polar surface area (TPSA) is 21.6 Å². The van der Waals surface area contributed by atoms with Gasteiger partial charge in [0.15, 0.2) is 0 Å². The highest BCUT2D eigenvalue weighted by atomic mass is 19.1. The minimum absolute atomic E-state index is 0.685. The summed E-state index contributed by atoms with van der Waals surface area (Å²) in [7, 11) is 0. The maximum Gasteiger partial charge on any atom is 0.296 e. The first-order valence-electron chi connectivity index (χ1n) is 2.10. The largest absolute Gasteiger partial charge is 0.438 e. The fourth-order valence-electron chi connectivity index (χ4n) is 0.321. The molecule has 3 heteroatoms. The number of nitrogens with zero attached hydrogens (tertiary/aromatic N) is 1. The van der Waals surface area contributed by atoms with Crippen LogP contribution in [0.2, 0.25) is 0 Å². The van der Waals surface area contributed by atoms with E-state index < -0.39 is 6.01 Å². The van der Waals surface area contributed by atoms with E-state index in [-0.39, 0.29) is 0 Å². The van der Waals surface area contributed by atoms with E-state index in [1.165, 1.54) is 18.6 Å². The molecule has 2 nitrogen and oxygen atoms in total. The second-order valence-electron chi connectivity index (χ2n) is 1.18. The van der Waals surface area contributed by atoms with Crippen LogP contribution in [0, 0.1) is 0 Å². The van der Waals surface area contributed by atoms with Crippen molar-refractivity contribution in [2.75, 3.05) is 0 Å². The van der Waals surface area contributed by atoms with Gasteiger partial charge in [0, 0.05) is 6.21 Å². The van der Waals surface area contributed by atoms with E-state index >= 15 is 0 Å². The lowest BCUT2D eigenvalue weighted by Crippen LogP contribution is -1.70. The predicted molar refractivity (Wildman–Crippen MR) is 27.9 cm³/mol.